The molecule has 2 heterocycles. The summed E-state index contributed by atoms with van der Waals surface area (Å²) in [5.74, 6) is 1.71. The number of nitrogens with one attached hydrogen (secondary N) is 3. The monoisotopic (exact) mass is 445 g/mol. The zero-order chi connectivity index (χ0) is 22.3. The summed E-state index contributed by atoms with van der Waals surface area (Å²) in [4.78, 5) is 18.9. The number of hydrogen-bond acceptors (Lipinski definition) is 5. The summed E-state index contributed by atoms with van der Waals surface area (Å²) < 4.78 is 25.5. The van der Waals surface area contributed by atoms with Crippen LogP contribution in [0.2, 0.25) is 0 Å². The van der Waals surface area contributed by atoms with Crippen molar-refractivity contribution in [2.24, 2.45) is 5.92 Å². The lowest BCUT2D eigenvalue weighted by atomic mass is 9.99. The summed E-state index contributed by atoms with van der Waals surface area (Å²) in [7, 11) is -1.90. The van der Waals surface area contributed by atoms with Gasteiger partial charge in [-0.05, 0) is 48.6 Å². The van der Waals surface area contributed by atoms with Crippen LogP contribution in [-0.2, 0) is 28.9 Å². The molecule has 1 fully saturated rings. The van der Waals surface area contributed by atoms with Crippen LogP contribution >= 0.6 is 0 Å². The Labute approximate surface area is 184 Å². The summed E-state index contributed by atoms with van der Waals surface area (Å²) in [5, 5.41) is 5.64. The van der Waals surface area contributed by atoms with Gasteiger partial charge in [-0.3, -0.25) is 0 Å². The van der Waals surface area contributed by atoms with Gasteiger partial charge < -0.3 is 15.5 Å². The first-order valence-corrected chi connectivity index (χ1v) is 12.2. The lowest BCUT2D eigenvalue weighted by Crippen LogP contribution is -2.35. The zero-order valence-electron chi connectivity index (χ0n) is 18.1. The number of aromatic nitrogens is 1. The van der Waals surface area contributed by atoms with E-state index in [1.165, 1.54) is 19.9 Å². The molecule has 0 atom stereocenters. The highest BCUT2D eigenvalue weighted by atomic mass is 32.2. The number of piperidine rings is 1. The molecule has 1 saturated heterocycles. The number of sulfonamides is 1. The summed E-state index contributed by atoms with van der Waals surface area (Å²) >= 11 is 0. The van der Waals surface area contributed by atoms with Crippen molar-refractivity contribution in [1.29, 1.82) is 0 Å². The Hall–Kier alpha value is -2.65. The predicted molar refractivity (Wildman–Crippen MR) is 122 cm³/mol. The van der Waals surface area contributed by atoms with E-state index in [0.717, 1.165) is 36.0 Å². The molecule has 1 aromatic heterocycles. The van der Waals surface area contributed by atoms with Crippen LogP contribution in [0.25, 0.3) is 0 Å². The topological polar surface area (TPSA) is 103 Å². The molecule has 8 nitrogen and oxygen atoms in total. The minimum absolute atomic E-state index is 0.0681. The molecule has 0 aliphatic carbocycles. The van der Waals surface area contributed by atoms with Gasteiger partial charge >= 0.3 is 6.03 Å². The molecule has 2 amide bonds. The van der Waals surface area contributed by atoms with Crippen molar-refractivity contribution in [1.82, 2.24) is 20.3 Å². The van der Waals surface area contributed by atoms with Crippen LogP contribution in [0.15, 0.2) is 42.6 Å². The van der Waals surface area contributed by atoms with Crippen LogP contribution < -0.4 is 20.3 Å². The number of pyridine rings is 1. The average molecular weight is 446 g/mol. The van der Waals surface area contributed by atoms with Gasteiger partial charge in [-0.25, -0.2) is 22.9 Å². The molecule has 0 saturated carbocycles. The number of nitrogens with zero attached hydrogens (tertiary/aromatic N) is 2. The minimum Gasteiger partial charge on any atom is -0.357 e. The van der Waals surface area contributed by atoms with Crippen molar-refractivity contribution >= 4 is 21.9 Å². The number of hydrogen-bond donors (Lipinski definition) is 3. The number of rotatable bonds is 8. The fourth-order valence-corrected chi connectivity index (χ4v) is 4.19. The van der Waals surface area contributed by atoms with Gasteiger partial charge in [-0.15, -0.1) is 0 Å². The van der Waals surface area contributed by atoms with Gasteiger partial charge in [-0.1, -0.05) is 37.3 Å². The molecule has 1 aliphatic rings. The highest BCUT2D eigenvalue weighted by Crippen LogP contribution is 2.21. The van der Waals surface area contributed by atoms with Gasteiger partial charge in [0.15, 0.2) is 0 Å². The zero-order valence-corrected chi connectivity index (χ0v) is 18.9. The van der Waals surface area contributed by atoms with Crippen molar-refractivity contribution in [3.05, 3.63) is 59.3 Å². The molecule has 0 bridgehead atoms. The van der Waals surface area contributed by atoms with Crippen LogP contribution in [0.1, 0.15) is 36.5 Å². The number of amides is 2. The minimum atomic E-state index is -3.29. The Balaban J connectivity index is 1.41. The van der Waals surface area contributed by atoms with E-state index in [2.05, 4.69) is 32.2 Å². The smallest absolute Gasteiger partial charge is 0.315 e. The van der Waals surface area contributed by atoms with Crippen molar-refractivity contribution in [2.75, 3.05) is 25.0 Å². The van der Waals surface area contributed by atoms with Crippen molar-refractivity contribution in [3.8, 4) is 0 Å². The number of anilines is 1. The molecule has 1 aliphatic heterocycles. The van der Waals surface area contributed by atoms with Crippen LogP contribution in [0.3, 0.4) is 0 Å². The molecule has 0 radical (unpaired) electrons. The second-order valence-electron chi connectivity index (χ2n) is 8.01. The Morgan fingerprint density at radius 2 is 1.58 bits per heavy atom. The highest BCUT2D eigenvalue weighted by molar-refractivity contribution is 7.88. The molecule has 3 rings (SSSR count). The lowest BCUT2D eigenvalue weighted by molar-refractivity contribution is 0.240. The first-order chi connectivity index (χ1) is 14.8. The number of urea groups is 1. The molecule has 0 spiro atoms. The van der Waals surface area contributed by atoms with Gasteiger partial charge in [0.1, 0.15) is 5.82 Å². The third-order valence-electron chi connectivity index (χ3n) is 5.51. The molecule has 168 valence electrons. The number of carbonyl (C=O) groups is 1. The fraction of sp³-hybridized carbons (Fsp3) is 0.455. The predicted octanol–water partition coefficient (Wildman–Crippen LogP) is 2.37. The van der Waals surface area contributed by atoms with E-state index in [9.17, 15) is 13.2 Å². The number of benzene rings is 1. The largest absolute Gasteiger partial charge is 0.357 e. The second kappa shape index (κ2) is 10.6. The standard InChI is InChI=1S/C22H31N5O3S/c1-17-9-11-27(12-10-17)21-8-7-20(14-24-21)15-26-22(28)25-13-18-3-5-19(6-4-18)16-31(29,30)23-2/h3-8,14,17,23H,9-13,15-16H2,1-2H3,(H2,25,26,28). The maximum atomic E-state index is 12.1. The summed E-state index contributed by atoms with van der Waals surface area (Å²) in [6.45, 7) is 5.13. The Bertz CT molecular complexity index is 954. The third kappa shape index (κ3) is 7.22. The molecule has 31 heavy (non-hydrogen) atoms. The van der Waals surface area contributed by atoms with Crippen molar-refractivity contribution < 1.29 is 13.2 Å². The summed E-state index contributed by atoms with van der Waals surface area (Å²) in [6, 6.07) is 10.9. The van der Waals surface area contributed by atoms with E-state index in [-0.39, 0.29) is 11.8 Å². The van der Waals surface area contributed by atoms with Crippen LogP contribution in [0.4, 0.5) is 10.6 Å². The van der Waals surface area contributed by atoms with E-state index in [4.69, 9.17) is 0 Å². The van der Waals surface area contributed by atoms with Gasteiger partial charge in [0, 0.05) is 32.4 Å². The summed E-state index contributed by atoms with van der Waals surface area (Å²) in [5.41, 5.74) is 2.53. The van der Waals surface area contributed by atoms with Gasteiger partial charge in [0.25, 0.3) is 0 Å². The first-order valence-electron chi connectivity index (χ1n) is 10.6. The molecule has 9 heteroatoms. The Morgan fingerprint density at radius 1 is 1.00 bits per heavy atom. The van der Waals surface area contributed by atoms with E-state index < -0.39 is 10.0 Å². The highest BCUT2D eigenvalue weighted by Gasteiger charge is 2.16. The lowest BCUT2D eigenvalue weighted by Gasteiger charge is -2.31. The van der Waals surface area contributed by atoms with Gasteiger partial charge in [0.05, 0.1) is 5.75 Å². The van der Waals surface area contributed by atoms with Crippen LogP contribution in [0, 0.1) is 5.92 Å². The van der Waals surface area contributed by atoms with Crippen molar-refractivity contribution in [3.63, 3.8) is 0 Å². The van der Waals surface area contributed by atoms with Gasteiger partial charge in [-0.2, -0.15) is 0 Å². The summed E-state index contributed by atoms with van der Waals surface area (Å²) in [6.07, 6.45) is 4.21. The van der Waals surface area contributed by atoms with Crippen molar-refractivity contribution in [2.45, 2.75) is 38.6 Å². The third-order valence-corrected chi connectivity index (χ3v) is 6.85. The Morgan fingerprint density at radius 3 is 2.16 bits per heavy atom. The second-order valence-corrected chi connectivity index (χ2v) is 9.94. The van der Waals surface area contributed by atoms with Crippen LogP contribution in [-0.4, -0.2) is 39.6 Å². The molecular weight excluding hydrogens is 414 g/mol. The van der Waals surface area contributed by atoms with Gasteiger partial charge in [0.2, 0.25) is 10.0 Å². The number of carbonyl (C=O) groups excluding carboxylic acids is 1. The molecule has 2 aromatic rings. The average Bonchev–Trinajstić information content (AvgIpc) is 2.78. The van der Waals surface area contributed by atoms with E-state index in [0.29, 0.717) is 18.7 Å². The molecule has 3 N–H and O–H groups in total. The van der Waals surface area contributed by atoms with E-state index in [1.54, 1.807) is 12.1 Å². The normalized spacial score (nSPS) is 15.0. The van der Waals surface area contributed by atoms with Crippen LogP contribution in [0.5, 0.6) is 0 Å². The maximum absolute atomic E-state index is 12.1. The Kier molecular flexibility index (Phi) is 7.86. The fourth-order valence-electron chi connectivity index (χ4n) is 3.42. The maximum Gasteiger partial charge on any atom is 0.315 e. The molecule has 0 unspecified atom stereocenters. The molecule has 1 aromatic carbocycles. The quantitative estimate of drug-likeness (QED) is 0.579. The van der Waals surface area contributed by atoms with E-state index >= 15 is 0 Å². The molecular formula is C22H31N5O3S. The van der Waals surface area contributed by atoms with E-state index in [1.807, 2.05) is 30.5 Å². The first kappa shape index (κ1) is 23.0. The SMILES string of the molecule is CNS(=O)(=O)Cc1ccc(CNC(=O)NCc2ccc(N3CCC(C)CC3)nc2)cc1.